The predicted molar refractivity (Wildman–Crippen MR) is 99.3 cm³/mol. The van der Waals surface area contributed by atoms with Gasteiger partial charge in [-0.3, -0.25) is 0 Å². The van der Waals surface area contributed by atoms with Crippen LogP contribution in [-0.4, -0.2) is 0 Å². The number of thioether (sulfide) groups is 1. The Kier molecular flexibility index (Phi) is 3.31. The number of hydrogen-bond donors (Lipinski definition) is 0. The largest absolute Gasteiger partial charge is 0.222 e. The van der Waals surface area contributed by atoms with Crippen LogP contribution in [-0.2, 0) is 13.5 Å². The van der Waals surface area contributed by atoms with Crippen LogP contribution in [0.5, 0.6) is 0 Å². The highest BCUT2D eigenvalue weighted by atomic mass is 32.2. The van der Waals surface area contributed by atoms with Crippen LogP contribution in [0, 0.1) is 0 Å². The Morgan fingerprint density at radius 1 is 1.22 bits per heavy atom. The second-order valence-corrected chi connectivity index (χ2v) is 7.37. The van der Waals surface area contributed by atoms with Gasteiger partial charge in [0.25, 0.3) is 0 Å². The molecular formula is C21H20NS+. The zero-order valence-corrected chi connectivity index (χ0v) is 14.5. The second kappa shape index (κ2) is 5.24. The summed E-state index contributed by atoms with van der Waals surface area (Å²) in [5.41, 5.74) is 6.70. The summed E-state index contributed by atoms with van der Waals surface area (Å²) in [4.78, 5) is 2.51. The number of rotatable bonds is 1. The Bertz CT molecular complexity index is 995. The van der Waals surface area contributed by atoms with Crippen molar-refractivity contribution in [2.75, 3.05) is 0 Å². The zero-order valence-electron chi connectivity index (χ0n) is 13.6. The fraction of sp³-hybridized carbons (Fsp3) is 0.190. The summed E-state index contributed by atoms with van der Waals surface area (Å²) < 4.78 is 2.35. The minimum atomic E-state index is 1.08. The maximum Gasteiger partial charge on any atom is 0.222 e. The predicted octanol–water partition coefficient (Wildman–Crippen LogP) is 3.34. The van der Waals surface area contributed by atoms with Gasteiger partial charge in [0.05, 0.1) is 10.8 Å². The van der Waals surface area contributed by atoms with Gasteiger partial charge in [-0.1, -0.05) is 48.7 Å². The number of benzene rings is 1. The van der Waals surface area contributed by atoms with Crippen molar-refractivity contribution in [3.63, 3.8) is 0 Å². The number of aromatic nitrogens is 1. The van der Waals surface area contributed by atoms with Crippen molar-refractivity contribution in [2.45, 2.75) is 24.7 Å². The van der Waals surface area contributed by atoms with E-state index in [1.165, 1.54) is 48.3 Å². The maximum atomic E-state index is 4.46. The summed E-state index contributed by atoms with van der Waals surface area (Å²) in [6.07, 6.45) is 6.51. The van der Waals surface area contributed by atoms with Crippen molar-refractivity contribution in [3.05, 3.63) is 64.2 Å². The molecule has 1 aliphatic carbocycles. The highest BCUT2D eigenvalue weighted by Gasteiger charge is 2.29. The third-order valence-electron chi connectivity index (χ3n) is 4.86. The lowest BCUT2D eigenvalue weighted by Gasteiger charge is -2.20. The first kappa shape index (κ1) is 14.5. The monoisotopic (exact) mass is 318 g/mol. The van der Waals surface area contributed by atoms with Gasteiger partial charge in [-0.05, 0) is 37.1 Å². The molecule has 2 aliphatic rings. The molecule has 0 spiro atoms. The number of allylic oxidation sites excluding steroid dienone is 1. The van der Waals surface area contributed by atoms with Gasteiger partial charge in [0, 0.05) is 21.4 Å². The Morgan fingerprint density at radius 2 is 2.00 bits per heavy atom. The number of nitrogens with zero attached hydrogens (tertiary/aromatic N) is 1. The molecule has 0 fully saturated rings. The molecule has 1 aliphatic heterocycles. The first-order valence-electron chi connectivity index (χ1n) is 7.96. The minimum absolute atomic E-state index is 1.08. The SMILES string of the molecule is C=CC1=c2c([n+](C)c3c(c2=C)CCC(C)=C3)-c2ccccc2S1. The first-order valence-corrected chi connectivity index (χ1v) is 8.78. The van der Waals surface area contributed by atoms with E-state index in [-0.39, 0.29) is 0 Å². The van der Waals surface area contributed by atoms with Gasteiger partial charge in [-0.25, -0.2) is 0 Å². The number of pyridine rings is 1. The van der Waals surface area contributed by atoms with E-state index in [0.29, 0.717) is 0 Å². The minimum Gasteiger partial charge on any atom is -0.194 e. The summed E-state index contributed by atoms with van der Waals surface area (Å²) in [7, 11) is 2.18. The Labute approximate surface area is 141 Å². The highest BCUT2D eigenvalue weighted by Crippen LogP contribution is 2.38. The first-order chi connectivity index (χ1) is 11.1. The summed E-state index contributed by atoms with van der Waals surface area (Å²) in [5.74, 6) is 0. The Morgan fingerprint density at radius 3 is 2.78 bits per heavy atom. The number of fused-ring (bicyclic) bond motifs is 4. The zero-order chi connectivity index (χ0) is 16.1. The average Bonchev–Trinajstić information content (AvgIpc) is 2.57. The van der Waals surface area contributed by atoms with E-state index in [0.717, 1.165) is 12.8 Å². The quantitative estimate of drug-likeness (QED) is 0.730. The van der Waals surface area contributed by atoms with E-state index in [9.17, 15) is 0 Å². The van der Waals surface area contributed by atoms with E-state index in [2.05, 4.69) is 62.0 Å². The molecule has 2 heterocycles. The van der Waals surface area contributed by atoms with Crippen LogP contribution in [0.1, 0.15) is 24.6 Å². The van der Waals surface area contributed by atoms with Crippen molar-refractivity contribution in [2.24, 2.45) is 7.05 Å². The van der Waals surface area contributed by atoms with Crippen LogP contribution in [0.3, 0.4) is 0 Å². The summed E-state index contributed by atoms with van der Waals surface area (Å²) >= 11 is 1.80. The van der Waals surface area contributed by atoms with Crippen molar-refractivity contribution in [3.8, 4) is 11.3 Å². The molecule has 2 heteroatoms. The summed E-state index contributed by atoms with van der Waals surface area (Å²) in [6, 6.07) is 8.62. The molecule has 114 valence electrons. The third kappa shape index (κ3) is 2.05. The summed E-state index contributed by atoms with van der Waals surface area (Å²) in [6.45, 7) is 10.7. The maximum absolute atomic E-state index is 4.46. The molecular weight excluding hydrogens is 298 g/mol. The van der Waals surface area contributed by atoms with Crippen LogP contribution in [0.15, 0.2) is 47.4 Å². The fourth-order valence-corrected chi connectivity index (χ4v) is 4.74. The second-order valence-electron chi connectivity index (χ2n) is 6.28. The molecule has 0 saturated heterocycles. The average molecular weight is 318 g/mol. The molecule has 0 saturated carbocycles. The Balaban J connectivity index is 2.24. The standard InChI is InChI=1S/C21H20NS/c1-5-18-20-14(3)15-11-10-13(2)12-17(15)22(4)21(20)16-8-6-7-9-19(16)23-18/h5-9,12H,1,3,10-11H2,2,4H3/q+1. The van der Waals surface area contributed by atoms with Crippen LogP contribution >= 0.6 is 11.8 Å². The molecule has 1 aromatic heterocycles. The molecule has 0 atom stereocenters. The van der Waals surface area contributed by atoms with Crippen molar-refractivity contribution >= 4 is 29.3 Å². The van der Waals surface area contributed by atoms with Crippen LogP contribution in [0.2, 0.25) is 0 Å². The topological polar surface area (TPSA) is 3.88 Å². The molecule has 4 rings (SSSR count). The van der Waals surface area contributed by atoms with Crippen LogP contribution in [0.4, 0.5) is 0 Å². The molecule has 2 aromatic rings. The third-order valence-corrected chi connectivity index (χ3v) is 6.02. The molecule has 1 nitrogen and oxygen atoms in total. The molecule has 0 amide bonds. The lowest BCUT2D eigenvalue weighted by molar-refractivity contribution is -0.663. The van der Waals surface area contributed by atoms with Gasteiger partial charge >= 0.3 is 0 Å². The van der Waals surface area contributed by atoms with E-state index >= 15 is 0 Å². The Hall–Kier alpha value is -2.06. The lowest BCUT2D eigenvalue weighted by Crippen LogP contribution is -2.50. The van der Waals surface area contributed by atoms with E-state index in [1.807, 2.05) is 6.08 Å². The van der Waals surface area contributed by atoms with Crippen molar-refractivity contribution in [1.82, 2.24) is 0 Å². The van der Waals surface area contributed by atoms with Gasteiger partial charge in [0.1, 0.15) is 7.05 Å². The lowest BCUT2D eigenvalue weighted by atomic mass is 9.92. The normalized spacial score (nSPS) is 15.4. The molecule has 1 aromatic carbocycles. The van der Waals surface area contributed by atoms with Gasteiger partial charge < -0.3 is 0 Å². The smallest absolute Gasteiger partial charge is 0.194 e. The van der Waals surface area contributed by atoms with Crippen LogP contribution in [0.25, 0.3) is 28.8 Å². The number of hydrogen-bond acceptors (Lipinski definition) is 1. The summed E-state index contributed by atoms with van der Waals surface area (Å²) in [5, 5.41) is 2.44. The van der Waals surface area contributed by atoms with E-state index in [4.69, 9.17) is 0 Å². The molecule has 0 unspecified atom stereocenters. The highest BCUT2D eigenvalue weighted by molar-refractivity contribution is 8.08. The van der Waals surface area contributed by atoms with Gasteiger partial charge in [0.15, 0.2) is 0 Å². The molecule has 0 radical (unpaired) electrons. The van der Waals surface area contributed by atoms with Gasteiger partial charge in [0.2, 0.25) is 11.4 Å². The van der Waals surface area contributed by atoms with E-state index < -0.39 is 0 Å². The molecule has 23 heavy (non-hydrogen) atoms. The van der Waals surface area contributed by atoms with Crippen molar-refractivity contribution < 1.29 is 4.57 Å². The van der Waals surface area contributed by atoms with Crippen LogP contribution < -0.4 is 15.0 Å². The fourth-order valence-electron chi connectivity index (χ4n) is 3.67. The van der Waals surface area contributed by atoms with Gasteiger partial charge in [-0.15, -0.1) is 0 Å². The van der Waals surface area contributed by atoms with E-state index in [1.54, 1.807) is 11.8 Å². The van der Waals surface area contributed by atoms with Crippen molar-refractivity contribution in [1.29, 1.82) is 0 Å². The molecule has 0 N–H and O–H groups in total. The molecule has 0 bridgehead atoms. The van der Waals surface area contributed by atoms with Gasteiger partial charge in [-0.2, -0.15) is 4.57 Å².